The van der Waals surface area contributed by atoms with Gasteiger partial charge in [-0.3, -0.25) is 0 Å². The molecule has 0 bridgehead atoms. The molecule has 12 heavy (non-hydrogen) atoms. The Morgan fingerprint density at radius 1 is 1.67 bits per heavy atom. The maximum Gasteiger partial charge on any atom is 0.103 e. The number of hydrogen-bond acceptors (Lipinski definition) is 4. The molecule has 2 nitrogen and oxygen atoms in total. The van der Waals surface area contributed by atoms with Crippen LogP contribution in [0.3, 0.4) is 0 Å². The topological polar surface area (TPSA) is 24.9 Å². The molecule has 0 aliphatic rings. The molecule has 0 fully saturated rings. The van der Waals surface area contributed by atoms with Gasteiger partial charge in [0.1, 0.15) is 5.01 Å². The third-order valence-corrected chi connectivity index (χ3v) is 3.14. The molecule has 0 aromatic carbocycles. The van der Waals surface area contributed by atoms with Gasteiger partial charge in [-0.25, -0.2) is 4.98 Å². The Kier molecular flexibility index (Phi) is 4.65. The molecule has 0 radical (unpaired) electrons. The monoisotopic (exact) mass is 202 g/mol. The molecule has 0 spiro atoms. The maximum absolute atomic E-state index is 4.50. The molecule has 4 heteroatoms. The van der Waals surface area contributed by atoms with Crippen LogP contribution in [0.25, 0.3) is 0 Å². The highest BCUT2D eigenvalue weighted by Crippen LogP contribution is 2.14. The number of likely N-dealkylation sites (N-methyl/N-ethyl adjacent to an activating group) is 1. The van der Waals surface area contributed by atoms with E-state index in [-0.39, 0.29) is 0 Å². The van der Waals surface area contributed by atoms with Gasteiger partial charge in [0.25, 0.3) is 0 Å². The second-order valence-corrected chi connectivity index (χ2v) is 4.33. The minimum absolute atomic E-state index is 1.02. The molecule has 1 aromatic rings. The normalized spacial score (nSPS) is 10.5. The van der Waals surface area contributed by atoms with Gasteiger partial charge in [-0.2, -0.15) is 11.8 Å². The first-order chi connectivity index (χ1) is 5.86. The second-order valence-electron chi connectivity index (χ2n) is 2.52. The standard InChI is InChI=1S/C8H14N2S2/c1-9-4-3-7-5-12-8(10-7)6-11-2/h5,9H,3-4,6H2,1-2H3. The predicted octanol–water partition coefficient (Wildman–Crippen LogP) is 1.77. The van der Waals surface area contributed by atoms with Crippen molar-refractivity contribution in [1.29, 1.82) is 0 Å². The summed E-state index contributed by atoms with van der Waals surface area (Å²) in [6.45, 7) is 1.02. The van der Waals surface area contributed by atoms with Crippen LogP contribution in [0.1, 0.15) is 10.7 Å². The van der Waals surface area contributed by atoms with Crippen molar-refractivity contribution in [2.75, 3.05) is 19.8 Å². The minimum Gasteiger partial charge on any atom is -0.319 e. The van der Waals surface area contributed by atoms with Crippen molar-refractivity contribution in [3.8, 4) is 0 Å². The third-order valence-electron chi connectivity index (χ3n) is 1.50. The Balaban J connectivity index is 2.41. The Morgan fingerprint density at radius 2 is 2.50 bits per heavy atom. The molecule has 0 aliphatic heterocycles. The summed E-state index contributed by atoms with van der Waals surface area (Å²) < 4.78 is 0. The van der Waals surface area contributed by atoms with Crippen molar-refractivity contribution in [3.05, 3.63) is 16.1 Å². The van der Waals surface area contributed by atoms with Crippen molar-refractivity contribution < 1.29 is 0 Å². The lowest BCUT2D eigenvalue weighted by atomic mass is 10.3. The summed E-state index contributed by atoms with van der Waals surface area (Å²) in [5.74, 6) is 1.05. The number of thiazole rings is 1. The van der Waals surface area contributed by atoms with Crippen LogP contribution < -0.4 is 5.32 Å². The first-order valence-electron chi connectivity index (χ1n) is 3.93. The summed E-state index contributed by atoms with van der Waals surface area (Å²) in [5, 5.41) is 6.52. The van der Waals surface area contributed by atoms with E-state index >= 15 is 0 Å². The molecule has 0 saturated heterocycles. The first-order valence-corrected chi connectivity index (χ1v) is 6.21. The molecule has 1 N–H and O–H groups in total. The number of rotatable bonds is 5. The Labute approximate surface area is 81.8 Å². The van der Waals surface area contributed by atoms with Crippen LogP contribution in [-0.2, 0) is 12.2 Å². The molecule has 0 saturated carbocycles. The average Bonchev–Trinajstić information content (AvgIpc) is 2.50. The summed E-state index contributed by atoms with van der Waals surface area (Å²) >= 11 is 3.59. The number of nitrogens with one attached hydrogen (secondary N) is 1. The Morgan fingerprint density at radius 3 is 3.17 bits per heavy atom. The van der Waals surface area contributed by atoms with Crippen molar-refractivity contribution in [2.24, 2.45) is 0 Å². The minimum atomic E-state index is 1.02. The zero-order valence-electron chi connectivity index (χ0n) is 7.46. The fourth-order valence-electron chi connectivity index (χ4n) is 0.907. The van der Waals surface area contributed by atoms with Gasteiger partial charge in [-0.05, 0) is 13.3 Å². The van der Waals surface area contributed by atoms with E-state index in [1.54, 1.807) is 11.3 Å². The van der Waals surface area contributed by atoms with Crippen molar-refractivity contribution >= 4 is 23.1 Å². The van der Waals surface area contributed by atoms with E-state index in [2.05, 4.69) is 21.9 Å². The van der Waals surface area contributed by atoms with E-state index in [0.29, 0.717) is 0 Å². The number of hydrogen-bond donors (Lipinski definition) is 1. The number of thioether (sulfide) groups is 1. The third kappa shape index (κ3) is 3.13. The molecule has 1 heterocycles. The lowest BCUT2D eigenvalue weighted by molar-refractivity contribution is 0.778. The largest absolute Gasteiger partial charge is 0.319 e. The van der Waals surface area contributed by atoms with Crippen LogP contribution in [0.5, 0.6) is 0 Å². The molecule has 0 amide bonds. The van der Waals surface area contributed by atoms with Crippen LogP contribution in [0.4, 0.5) is 0 Å². The lowest BCUT2D eigenvalue weighted by Gasteiger charge is -1.93. The van der Waals surface area contributed by atoms with E-state index in [4.69, 9.17) is 0 Å². The van der Waals surface area contributed by atoms with Gasteiger partial charge in [-0.1, -0.05) is 0 Å². The quantitative estimate of drug-likeness (QED) is 0.787. The SMILES string of the molecule is CNCCc1csc(CSC)n1. The second kappa shape index (κ2) is 5.56. The molecule has 0 aliphatic carbocycles. The van der Waals surface area contributed by atoms with Gasteiger partial charge >= 0.3 is 0 Å². The fourth-order valence-corrected chi connectivity index (χ4v) is 2.46. The lowest BCUT2D eigenvalue weighted by Crippen LogP contribution is -2.10. The average molecular weight is 202 g/mol. The molecular weight excluding hydrogens is 188 g/mol. The summed E-state index contributed by atoms with van der Waals surface area (Å²) in [6.07, 6.45) is 3.15. The number of aromatic nitrogens is 1. The van der Waals surface area contributed by atoms with Gasteiger partial charge in [0.2, 0.25) is 0 Å². The van der Waals surface area contributed by atoms with Crippen molar-refractivity contribution in [3.63, 3.8) is 0 Å². The van der Waals surface area contributed by atoms with Gasteiger partial charge in [0.05, 0.1) is 5.69 Å². The van der Waals surface area contributed by atoms with Gasteiger partial charge in [0.15, 0.2) is 0 Å². The van der Waals surface area contributed by atoms with E-state index in [0.717, 1.165) is 18.7 Å². The van der Waals surface area contributed by atoms with Crippen molar-refractivity contribution in [2.45, 2.75) is 12.2 Å². The van der Waals surface area contributed by atoms with Crippen LogP contribution in [0, 0.1) is 0 Å². The highest BCUT2D eigenvalue weighted by molar-refractivity contribution is 7.97. The molecule has 1 aromatic heterocycles. The zero-order chi connectivity index (χ0) is 8.81. The molecular formula is C8H14N2S2. The Bertz CT molecular complexity index is 223. The van der Waals surface area contributed by atoms with Crippen LogP contribution in [0.15, 0.2) is 5.38 Å². The van der Waals surface area contributed by atoms with Gasteiger partial charge < -0.3 is 5.32 Å². The van der Waals surface area contributed by atoms with E-state index in [1.807, 2.05) is 18.8 Å². The van der Waals surface area contributed by atoms with Crippen LogP contribution in [-0.4, -0.2) is 24.8 Å². The van der Waals surface area contributed by atoms with Crippen molar-refractivity contribution in [1.82, 2.24) is 10.3 Å². The highest BCUT2D eigenvalue weighted by Gasteiger charge is 1.99. The summed E-state index contributed by atoms with van der Waals surface area (Å²) in [5.41, 5.74) is 1.22. The van der Waals surface area contributed by atoms with E-state index < -0.39 is 0 Å². The summed E-state index contributed by atoms with van der Waals surface area (Å²) in [6, 6.07) is 0. The summed E-state index contributed by atoms with van der Waals surface area (Å²) in [4.78, 5) is 4.50. The molecule has 0 unspecified atom stereocenters. The van der Waals surface area contributed by atoms with Gasteiger partial charge in [-0.15, -0.1) is 11.3 Å². The van der Waals surface area contributed by atoms with E-state index in [1.165, 1.54) is 10.7 Å². The van der Waals surface area contributed by atoms with Crippen LogP contribution in [0.2, 0.25) is 0 Å². The first kappa shape index (κ1) is 10.0. The van der Waals surface area contributed by atoms with Crippen LogP contribution >= 0.6 is 23.1 Å². The Hall–Kier alpha value is -0.0600. The smallest absolute Gasteiger partial charge is 0.103 e. The molecule has 1 rings (SSSR count). The summed E-state index contributed by atoms with van der Waals surface area (Å²) in [7, 11) is 1.97. The zero-order valence-corrected chi connectivity index (χ0v) is 9.10. The molecule has 68 valence electrons. The highest BCUT2D eigenvalue weighted by atomic mass is 32.2. The molecule has 0 atom stereocenters. The number of nitrogens with zero attached hydrogens (tertiary/aromatic N) is 1. The maximum atomic E-state index is 4.50. The van der Waals surface area contributed by atoms with E-state index in [9.17, 15) is 0 Å². The van der Waals surface area contributed by atoms with Gasteiger partial charge in [0, 0.05) is 24.1 Å². The fraction of sp³-hybridized carbons (Fsp3) is 0.625. The predicted molar refractivity (Wildman–Crippen MR) is 57.0 cm³/mol.